The van der Waals surface area contributed by atoms with Crippen LogP contribution in [0.4, 0.5) is 5.82 Å². The van der Waals surface area contributed by atoms with Gasteiger partial charge in [0.05, 0.1) is 5.56 Å². The van der Waals surface area contributed by atoms with E-state index in [1.807, 2.05) is 16.4 Å². The maximum Gasteiger partial charge on any atom is 0.251 e. The molecule has 31 heavy (non-hydrogen) atoms. The van der Waals surface area contributed by atoms with Crippen molar-refractivity contribution in [1.29, 1.82) is 0 Å². The summed E-state index contributed by atoms with van der Waals surface area (Å²) < 4.78 is 7.60. The molecule has 2 atom stereocenters. The van der Waals surface area contributed by atoms with Gasteiger partial charge in [0.25, 0.3) is 5.91 Å². The molecule has 0 radical (unpaired) electrons. The van der Waals surface area contributed by atoms with Gasteiger partial charge in [-0.2, -0.15) is 0 Å². The van der Waals surface area contributed by atoms with Crippen molar-refractivity contribution >= 4 is 22.9 Å². The van der Waals surface area contributed by atoms with Crippen molar-refractivity contribution < 1.29 is 9.53 Å². The van der Waals surface area contributed by atoms with E-state index in [9.17, 15) is 4.79 Å². The van der Waals surface area contributed by atoms with E-state index in [1.54, 1.807) is 18.7 Å². The molecule has 2 fully saturated rings. The fourth-order valence-electron chi connectivity index (χ4n) is 4.32. The number of carbonyl (C=O) groups is 1. The molecule has 2 aliphatic rings. The third kappa shape index (κ3) is 3.71. The molecule has 1 N–H and O–H groups in total. The van der Waals surface area contributed by atoms with Crippen molar-refractivity contribution in [1.82, 2.24) is 34.4 Å². The van der Waals surface area contributed by atoms with E-state index < -0.39 is 0 Å². The average molecular weight is 422 g/mol. The van der Waals surface area contributed by atoms with Gasteiger partial charge in [-0.15, -0.1) is 0 Å². The van der Waals surface area contributed by atoms with Gasteiger partial charge in [-0.3, -0.25) is 4.79 Å². The molecule has 10 heteroatoms. The molecule has 0 bridgehead atoms. The highest BCUT2D eigenvalue weighted by atomic mass is 16.5. The van der Waals surface area contributed by atoms with Gasteiger partial charge in [-0.05, 0) is 33.1 Å². The smallest absolute Gasteiger partial charge is 0.251 e. The van der Waals surface area contributed by atoms with E-state index in [1.165, 1.54) is 0 Å². The van der Waals surface area contributed by atoms with E-state index in [2.05, 4.69) is 32.2 Å². The Morgan fingerprint density at radius 3 is 2.81 bits per heavy atom. The number of rotatable bonds is 5. The van der Waals surface area contributed by atoms with Crippen LogP contribution in [0.15, 0.2) is 18.7 Å². The molecule has 0 aromatic carbocycles. The summed E-state index contributed by atoms with van der Waals surface area (Å²) in [6.45, 7) is 6.66. The van der Waals surface area contributed by atoms with Crippen LogP contribution in [0.3, 0.4) is 0 Å². The number of fused-ring (bicyclic) bond motifs is 1. The topological polar surface area (TPSA) is 111 Å². The lowest BCUT2D eigenvalue weighted by atomic mass is 10.2. The van der Waals surface area contributed by atoms with Crippen LogP contribution in [0.1, 0.15) is 32.0 Å². The zero-order valence-corrected chi connectivity index (χ0v) is 17.8. The number of likely N-dealkylation sites (tertiary alicyclic amines) is 1. The fraction of sp³-hybridized carbons (Fsp3) is 0.524. The molecule has 10 nitrogen and oxygen atoms in total. The summed E-state index contributed by atoms with van der Waals surface area (Å²) >= 11 is 0. The summed E-state index contributed by atoms with van der Waals surface area (Å²) in [4.78, 5) is 36.9. The number of aryl methyl sites for hydroxylation is 2. The van der Waals surface area contributed by atoms with Gasteiger partial charge < -0.3 is 19.5 Å². The normalized spacial score (nSPS) is 21.2. The second kappa shape index (κ2) is 8.18. The van der Waals surface area contributed by atoms with Crippen molar-refractivity contribution in [2.45, 2.75) is 51.8 Å². The molecule has 3 aromatic heterocycles. The molecule has 3 aromatic rings. The Balaban J connectivity index is 1.39. The lowest BCUT2D eigenvalue weighted by Gasteiger charge is -2.20. The summed E-state index contributed by atoms with van der Waals surface area (Å²) in [6.07, 6.45) is 7.47. The first kappa shape index (κ1) is 19.8. The second-order valence-corrected chi connectivity index (χ2v) is 8.01. The third-order valence-corrected chi connectivity index (χ3v) is 5.93. The number of ether oxygens (including phenoxy) is 1. The van der Waals surface area contributed by atoms with Gasteiger partial charge in [-0.25, -0.2) is 24.9 Å². The Morgan fingerprint density at radius 1 is 1.23 bits per heavy atom. The van der Waals surface area contributed by atoms with Crippen LogP contribution in [0, 0.1) is 6.92 Å². The molecule has 2 unspecified atom stereocenters. The number of anilines is 1. The lowest BCUT2D eigenvalue weighted by Crippen LogP contribution is -2.38. The molecule has 0 saturated carbocycles. The maximum absolute atomic E-state index is 12.6. The molecular formula is C21H26N8O2. The predicted molar refractivity (Wildman–Crippen MR) is 114 cm³/mol. The summed E-state index contributed by atoms with van der Waals surface area (Å²) in [5, 5.41) is 3.49. The Morgan fingerprint density at radius 2 is 2.06 bits per heavy atom. The monoisotopic (exact) mass is 422 g/mol. The van der Waals surface area contributed by atoms with Gasteiger partial charge in [0, 0.05) is 44.7 Å². The van der Waals surface area contributed by atoms with Gasteiger partial charge in [-0.1, -0.05) is 0 Å². The van der Waals surface area contributed by atoms with Gasteiger partial charge >= 0.3 is 0 Å². The van der Waals surface area contributed by atoms with E-state index in [4.69, 9.17) is 9.72 Å². The Hall–Kier alpha value is -3.14. The predicted octanol–water partition coefficient (Wildman–Crippen LogP) is 1.80. The number of nitrogens with zero attached hydrogens (tertiary/aromatic N) is 7. The zero-order chi connectivity index (χ0) is 21.4. The second-order valence-electron chi connectivity index (χ2n) is 8.01. The molecular weight excluding hydrogens is 396 g/mol. The number of aromatic nitrogens is 6. The largest absolute Gasteiger partial charge is 0.368 e. The molecule has 0 spiro atoms. The number of nitrogens with one attached hydrogen (secondary N) is 1. The molecule has 1 amide bonds. The van der Waals surface area contributed by atoms with E-state index >= 15 is 0 Å². The highest BCUT2D eigenvalue weighted by Gasteiger charge is 2.33. The van der Waals surface area contributed by atoms with Gasteiger partial charge in [0.1, 0.15) is 24.1 Å². The maximum atomic E-state index is 12.6. The SMILES string of the molecule is CCn1c(-c2cnc(C)nc2)nc2c(NC3CCN(C(=O)C4CCCO4)C3)ncnc21. The van der Waals surface area contributed by atoms with Crippen LogP contribution in [-0.4, -0.2) is 72.1 Å². The highest BCUT2D eigenvalue weighted by Crippen LogP contribution is 2.27. The first-order valence-electron chi connectivity index (χ1n) is 10.8. The summed E-state index contributed by atoms with van der Waals surface area (Å²) in [7, 11) is 0. The number of carbonyl (C=O) groups excluding carboxylic acids is 1. The van der Waals surface area contributed by atoms with Gasteiger partial charge in [0.15, 0.2) is 17.0 Å². The number of hydrogen-bond acceptors (Lipinski definition) is 8. The minimum atomic E-state index is -0.274. The molecule has 2 saturated heterocycles. The number of imidazole rings is 1. The van der Waals surface area contributed by atoms with Crippen LogP contribution in [0.5, 0.6) is 0 Å². The van der Waals surface area contributed by atoms with Crippen molar-refractivity contribution in [3.63, 3.8) is 0 Å². The van der Waals surface area contributed by atoms with Crippen LogP contribution in [0.2, 0.25) is 0 Å². The number of hydrogen-bond donors (Lipinski definition) is 1. The minimum Gasteiger partial charge on any atom is -0.368 e. The highest BCUT2D eigenvalue weighted by molar-refractivity contribution is 5.86. The summed E-state index contributed by atoms with van der Waals surface area (Å²) in [5.74, 6) is 2.27. The van der Waals surface area contributed by atoms with E-state index in [-0.39, 0.29) is 18.1 Å². The average Bonchev–Trinajstić information content (AvgIpc) is 3.54. The quantitative estimate of drug-likeness (QED) is 0.663. The van der Waals surface area contributed by atoms with Crippen molar-refractivity contribution in [3.8, 4) is 11.4 Å². The Labute approximate surface area is 180 Å². The van der Waals surface area contributed by atoms with Crippen molar-refractivity contribution in [2.24, 2.45) is 0 Å². The molecule has 2 aliphatic heterocycles. The zero-order valence-electron chi connectivity index (χ0n) is 17.8. The first-order valence-corrected chi connectivity index (χ1v) is 10.8. The summed E-state index contributed by atoms with van der Waals surface area (Å²) in [6, 6.07) is 0.112. The first-order chi connectivity index (χ1) is 15.1. The van der Waals surface area contributed by atoms with Crippen LogP contribution < -0.4 is 5.32 Å². The summed E-state index contributed by atoms with van der Waals surface area (Å²) in [5.41, 5.74) is 2.32. The molecule has 0 aliphatic carbocycles. The van der Waals surface area contributed by atoms with Crippen LogP contribution >= 0.6 is 0 Å². The van der Waals surface area contributed by atoms with Crippen molar-refractivity contribution in [2.75, 3.05) is 25.0 Å². The third-order valence-electron chi connectivity index (χ3n) is 5.93. The van der Waals surface area contributed by atoms with Crippen LogP contribution in [0.25, 0.3) is 22.6 Å². The Bertz CT molecular complexity index is 1090. The standard InChI is InChI=1S/C21H26N8O2/c1-3-29-19(14-9-22-13(2)23-10-14)27-17-18(24-12-25-20(17)29)26-15-6-7-28(11-15)21(30)16-5-4-8-31-16/h9-10,12,15-16H,3-8,11H2,1-2H3,(H,24,25,26). The van der Waals surface area contributed by atoms with Gasteiger partial charge in [0.2, 0.25) is 0 Å². The number of amides is 1. The minimum absolute atomic E-state index is 0.103. The fourth-order valence-corrected chi connectivity index (χ4v) is 4.32. The molecule has 5 rings (SSSR count). The Kier molecular flexibility index (Phi) is 5.23. The molecule has 5 heterocycles. The van der Waals surface area contributed by atoms with E-state index in [0.717, 1.165) is 42.8 Å². The van der Waals surface area contributed by atoms with E-state index in [0.29, 0.717) is 36.9 Å². The lowest BCUT2D eigenvalue weighted by molar-refractivity contribution is -0.139. The molecule has 162 valence electrons. The van der Waals surface area contributed by atoms with Crippen LogP contribution in [-0.2, 0) is 16.1 Å². The van der Waals surface area contributed by atoms with Crippen molar-refractivity contribution in [3.05, 3.63) is 24.5 Å².